The van der Waals surface area contributed by atoms with Crippen molar-refractivity contribution >= 4 is 17.4 Å². The zero-order valence-corrected chi connectivity index (χ0v) is 10.6. The van der Waals surface area contributed by atoms with Crippen molar-refractivity contribution in [3.63, 3.8) is 0 Å². The molecule has 0 aliphatic heterocycles. The molecule has 1 aromatic rings. The van der Waals surface area contributed by atoms with E-state index in [1.807, 2.05) is 0 Å². The van der Waals surface area contributed by atoms with Gasteiger partial charge in [-0.3, -0.25) is 4.79 Å². The van der Waals surface area contributed by atoms with Crippen molar-refractivity contribution in [2.24, 2.45) is 11.7 Å². The maximum Gasteiger partial charge on any atom is 0.252 e. The van der Waals surface area contributed by atoms with Gasteiger partial charge < -0.3 is 16.8 Å². The Morgan fingerprint density at radius 3 is 2.94 bits per heavy atom. The largest absolute Gasteiger partial charge is 0.397 e. The van der Waals surface area contributed by atoms with Gasteiger partial charge in [-0.15, -0.1) is 0 Å². The first-order valence-electron chi connectivity index (χ1n) is 6.38. The SMILES string of the molecule is CC1CCCC(Nc2ncc(N)cc2C(N)=O)C1. The van der Waals surface area contributed by atoms with Crippen LogP contribution in [-0.4, -0.2) is 16.9 Å². The molecule has 0 saturated heterocycles. The number of hydrogen-bond donors (Lipinski definition) is 3. The summed E-state index contributed by atoms with van der Waals surface area (Å²) < 4.78 is 0. The molecule has 1 aliphatic rings. The van der Waals surface area contributed by atoms with Gasteiger partial charge in [0, 0.05) is 6.04 Å². The molecule has 1 amide bonds. The standard InChI is InChI=1S/C13H20N4O/c1-8-3-2-4-10(5-8)17-13-11(12(15)18)6-9(14)7-16-13/h6-8,10H,2-5,14H2,1H3,(H2,15,18)(H,16,17). The maximum atomic E-state index is 11.4. The molecule has 5 N–H and O–H groups in total. The Balaban J connectivity index is 2.15. The van der Waals surface area contributed by atoms with E-state index < -0.39 is 5.91 Å². The number of anilines is 2. The van der Waals surface area contributed by atoms with Gasteiger partial charge in [0.25, 0.3) is 5.91 Å². The van der Waals surface area contributed by atoms with Crippen LogP contribution in [0.4, 0.5) is 11.5 Å². The quantitative estimate of drug-likeness (QED) is 0.759. The lowest BCUT2D eigenvalue weighted by Crippen LogP contribution is -2.28. The summed E-state index contributed by atoms with van der Waals surface area (Å²) in [5.41, 5.74) is 11.8. The Morgan fingerprint density at radius 1 is 1.50 bits per heavy atom. The van der Waals surface area contributed by atoms with Gasteiger partial charge in [-0.05, 0) is 24.8 Å². The lowest BCUT2D eigenvalue weighted by Gasteiger charge is -2.28. The topological polar surface area (TPSA) is 94.0 Å². The van der Waals surface area contributed by atoms with Gasteiger partial charge in [0.05, 0.1) is 17.4 Å². The van der Waals surface area contributed by atoms with E-state index in [1.165, 1.54) is 12.8 Å². The highest BCUT2D eigenvalue weighted by Gasteiger charge is 2.20. The lowest BCUT2D eigenvalue weighted by atomic mass is 9.87. The van der Waals surface area contributed by atoms with Crippen LogP contribution in [0.1, 0.15) is 43.0 Å². The van der Waals surface area contributed by atoms with Gasteiger partial charge in [-0.2, -0.15) is 0 Å². The molecule has 1 aliphatic carbocycles. The van der Waals surface area contributed by atoms with E-state index in [1.54, 1.807) is 12.3 Å². The number of carbonyl (C=O) groups excluding carboxylic acids is 1. The summed E-state index contributed by atoms with van der Waals surface area (Å²) in [4.78, 5) is 15.5. The van der Waals surface area contributed by atoms with Crippen molar-refractivity contribution in [1.82, 2.24) is 4.98 Å². The Morgan fingerprint density at radius 2 is 2.28 bits per heavy atom. The molecule has 2 atom stereocenters. The highest BCUT2D eigenvalue weighted by Crippen LogP contribution is 2.27. The number of carbonyl (C=O) groups is 1. The number of nitrogens with zero attached hydrogens (tertiary/aromatic N) is 1. The van der Waals surface area contributed by atoms with Gasteiger partial charge in [-0.1, -0.05) is 19.8 Å². The van der Waals surface area contributed by atoms with Crippen molar-refractivity contribution in [2.45, 2.75) is 38.6 Å². The lowest BCUT2D eigenvalue weighted by molar-refractivity contribution is 0.100. The van der Waals surface area contributed by atoms with E-state index in [0.717, 1.165) is 12.8 Å². The van der Waals surface area contributed by atoms with Crippen molar-refractivity contribution in [1.29, 1.82) is 0 Å². The highest BCUT2D eigenvalue weighted by atomic mass is 16.1. The zero-order valence-electron chi connectivity index (χ0n) is 10.6. The number of aromatic nitrogens is 1. The molecule has 0 bridgehead atoms. The third-order valence-electron chi connectivity index (χ3n) is 3.45. The average Bonchev–Trinajstić information content (AvgIpc) is 2.31. The fourth-order valence-corrected chi connectivity index (χ4v) is 2.54. The van der Waals surface area contributed by atoms with Crippen LogP contribution in [0, 0.1) is 5.92 Å². The predicted molar refractivity (Wildman–Crippen MR) is 72.2 cm³/mol. The average molecular weight is 248 g/mol. The van der Waals surface area contributed by atoms with Gasteiger partial charge in [0.15, 0.2) is 0 Å². The third kappa shape index (κ3) is 2.91. The number of pyridine rings is 1. The van der Waals surface area contributed by atoms with E-state index in [0.29, 0.717) is 29.0 Å². The molecule has 2 unspecified atom stereocenters. The Labute approximate surface area is 107 Å². The molecule has 5 heteroatoms. The van der Waals surface area contributed by atoms with Gasteiger partial charge >= 0.3 is 0 Å². The minimum atomic E-state index is -0.499. The van der Waals surface area contributed by atoms with E-state index in [-0.39, 0.29) is 0 Å². The minimum Gasteiger partial charge on any atom is -0.397 e. The molecule has 5 nitrogen and oxygen atoms in total. The molecular weight excluding hydrogens is 228 g/mol. The summed E-state index contributed by atoms with van der Waals surface area (Å²) in [6.45, 7) is 2.25. The summed E-state index contributed by atoms with van der Waals surface area (Å²) >= 11 is 0. The van der Waals surface area contributed by atoms with E-state index in [9.17, 15) is 4.79 Å². The van der Waals surface area contributed by atoms with Crippen LogP contribution in [-0.2, 0) is 0 Å². The van der Waals surface area contributed by atoms with E-state index in [4.69, 9.17) is 11.5 Å². The van der Waals surface area contributed by atoms with E-state index in [2.05, 4.69) is 17.2 Å². The van der Waals surface area contributed by atoms with Crippen molar-refractivity contribution < 1.29 is 4.79 Å². The molecule has 0 aromatic carbocycles. The van der Waals surface area contributed by atoms with Crippen LogP contribution in [0.15, 0.2) is 12.3 Å². The molecule has 1 heterocycles. The molecule has 18 heavy (non-hydrogen) atoms. The predicted octanol–water partition coefficient (Wildman–Crippen LogP) is 1.75. The summed E-state index contributed by atoms with van der Waals surface area (Å²) in [7, 11) is 0. The number of hydrogen-bond acceptors (Lipinski definition) is 4. The number of rotatable bonds is 3. The second-order valence-electron chi connectivity index (χ2n) is 5.14. The normalized spacial score (nSPS) is 23.6. The molecule has 1 aromatic heterocycles. The molecular formula is C13H20N4O. The van der Waals surface area contributed by atoms with Crippen LogP contribution < -0.4 is 16.8 Å². The van der Waals surface area contributed by atoms with Crippen LogP contribution in [0.3, 0.4) is 0 Å². The Hall–Kier alpha value is -1.78. The van der Waals surface area contributed by atoms with Gasteiger partial charge in [0.2, 0.25) is 0 Å². The van der Waals surface area contributed by atoms with Crippen molar-refractivity contribution in [2.75, 3.05) is 11.1 Å². The minimum absolute atomic E-state index is 0.364. The number of amides is 1. The number of primary amides is 1. The summed E-state index contributed by atoms with van der Waals surface area (Å²) in [5, 5.41) is 3.32. The fraction of sp³-hybridized carbons (Fsp3) is 0.538. The van der Waals surface area contributed by atoms with Gasteiger partial charge in [0.1, 0.15) is 5.82 Å². The first-order chi connectivity index (χ1) is 8.56. The molecule has 2 rings (SSSR count). The van der Waals surface area contributed by atoms with E-state index >= 15 is 0 Å². The molecule has 1 fully saturated rings. The summed E-state index contributed by atoms with van der Waals surface area (Å²) in [6.07, 6.45) is 6.23. The van der Waals surface area contributed by atoms with Crippen molar-refractivity contribution in [3.05, 3.63) is 17.8 Å². The van der Waals surface area contributed by atoms with Gasteiger partial charge in [-0.25, -0.2) is 4.98 Å². The monoisotopic (exact) mass is 248 g/mol. The van der Waals surface area contributed by atoms with Crippen molar-refractivity contribution in [3.8, 4) is 0 Å². The van der Waals surface area contributed by atoms with Crippen LogP contribution in [0.2, 0.25) is 0 Å². The summed E-state index contributed by atoms with van der Waals surface area (Å²) in [5.74, 6) is 0.763. The fourth-order valence-electron chi connectivity index (χ4n) is 2.54. The Bertz CT molecular complexity index is 447. The van der Waals surface area contributed by atoms with Crippen LogP contribution >= 0.6 is 0 Å². The smallest absolute Gasteiger partial charge is 0.252 e. The maximum absolute atomic E-state index is 11.4. The molecule has 98 valence electrons. The Kier molecular flexibility index (Phi) is 3.69. The van der Waals surface area contributed by atoms with Crippen LogP contribution in [0.25, 0.3) is 0 Å². The molecule has 1 saturated carbocycles. The number of nitrogens with one attached hydrogen (secondary N) is 1. The first-order valence-corrected chi connectivity index (χ1v) is 6.38. The molecule has 0 radical (unpaired) electrons. The molecule has 0 spiro atoms. The highest BCUT2D eigenvalue weighted by molar-refractivity contribution is 5.98. The number of nitrogen functional groups attached to an aromatic ring is 1. The zero-order chi connectivity index (χ0) is 13.1. The summed E-state index contributed by atoms with van der Waals surface area (Å²) in [6, 6.07) is 1.94. The third-order valence-corrected chi connectivity index (χ3v) is 3.45. The second-order valence-corrected chi connectivity index (χ2v) is 5.14. The second kappa shape index (κ2) is 5.25. The van der Waals surface area contributed by atoms with Crippen LogP contribution in [0.5, 0.6) is 0 Å². The number of nitrogens with two attached hydrogens (primary N) is 2. The first kappa shape index (κ1) is 12.7.